The molecule has 0 aromatic carbocycles. The van der Waals surface area contributed by atoms with Crippen LogP contribution < -0.4 is 10.6 Å². The van der Waals surface area contributed by atoms with Crippen molar-refractivity contribution in [2.24, 2.45) is 5.41 Å². The molecule has 0 radical (unpaired) electrons. The molecule has 0 aromatic rings. The first-order valence-corrected chi connectivity index (χ1v) is 5.50. The highest BCUT2D eigenvalue weighted by molar-refractivity contribution is 5.81. The number of amides is 1. The van der Waals surface area contributed by atoms with Crippen molar-refractivity contribution >= 4 is 5.91 Å². The van der Waals surface area contributed by atoms with Gasteiger partial charge in [-0.2, -0.15) is 0 Å². The van der Waals surface area contributed by atoms with E-state index in [1.165, 1.54) is 0 Å². The van der Waals surface area contributed by atoms with Gasteiger partial charge in [0.1, 0.15) is 0 Å². The Balaban J connectivity index is 3.87. The third kappa shape index (κ3) is 5.74. The minimum absolute atomic E-state index is 0.0457. The van der Waals surface area contributed by atoms with E-state index in [9.17, 15) is 4.79 Å². The topological polar surface area (TPSA) is 61.4 Å². The third-order valence-corrected chi connectivity index (χ3v) is 2.53. The van der Waals surface area contributed by atoms with Gasteiger partial charge in [-0.05, 0) is 33.6 Å². The van der Waals surface area contributed by atoms with Crippen molar-refractivity contribution in [1.82, 2.24) is 10.6 Å². The number of carbonyl (C=O) groups excluding carboxylic acids is 1. The lowest BCUT2D eigenvalue weighted by Gasteiger charge is -2.25. The van der Waals surface area contributed by atoms with Gasteiger partial charge in [0.05, 0.1) is 5.41 Å². The Morgan fingerprint density at radius 3 is 2.53 bits per heavy atom. The van der Waals surface area contributed by atoms with Crippen LogP contribution in [-0.4, -0.2) is 37.3 Å². The van der Waals surface area contributed by atoms with E-state index in [1.807, 2.05) is 13.8 Å². The van der Waals surface area contributed by atoms with Crippen LogP contribution in [0.2, 0.25) is 0 Å². The first-order chi connectivity index (χ1) is 6.94. The maximum Gasteiger partial charge on any atom is 0.226 e. The second kappa shape index (κ2) is 6.80. The van der Waals surface area contributed by atoms with Crippen LogP contribution in [0.4, 0.5) is 0 Å². The van der Waals surface area contributed by atoms with Crippen molar-refractivity contribution in [3.8, 4) is 0 Å². The van der Waals surface area contributed by atoms with E-state index in [0.717, 1.165) is 12.8 Å². The average molecular weight is 216 g/mol. The van der Waals surface area contributed by atoms with Crippen LogP contribution in [0.5, 0.6) is 0 Å². The predicted octanol–water partition coefficient (Wildman–Crippen LogP) is 0.509. The van der Waals surface area contributed by atoms with Gasteiger partial charge in [0.15, 0.2) is 0 Å². The molecule has 0 spiro atoms. The van der Waals surface area contributed by atoms with Crippen LogP contribution in [0, 0.1) is 5.41 Å². The summed E-state index contributed by atoms with van der Waals surface area (Å²) in [7, 11) is 1.65. The molecule has 0 rings (SSSR count). The normalized spacial score (nSPS) is 13.7. The summed E-state index contributed by atoms with van der Waals surface area (Å²) >= 11 is 0. The van der Waals surface area contributed by atoms with Gasteiger partial charge in [-0.3, -0.25) is 4.79 Å². The van der Waals surface area contributed by atoms with Gasteiger partial charge in [-0.25, -0.2) is 0 Å². The quantitative estimate of drug-likeness (QED) is 0.581. The second-order valence-electron chi connectivity index (χ2n) is 4.61. The molecule has 0 bridgehead atoms. The summed E-state index contributed by atoms with van der Waals surface area (Å²) in [4.78, 5) is 11.5. The molecule has 1 unspecified atom stereocenters. The SMILES string of the molecule is CNC(=O)C(C)(C)CNC(C)CCCO. The molecule has 0 aliphatic heterocycles. The fourth-order valence-corrected chi connectivity index (χ4v) is 1.35. The standard InChI is InChI=1S/C11H24N2O2/c1-9(6-5-7-14)13-8-11(2,3)10(15)12-4/h9,13-14H,5-8H2,1-4H3,(H,12,15). The van der Waals surface area contributed by atoms with E-state index in [2.05, 4.69) is 17.6 Å². The van der Waals surface area contributed by atoms with E-state index >= 15 is 0 Å². The zero-order chi connectivity index (χ0) is 11.9. The Kier molecular flexibility index (Phi) is 6.52. The molecule has 0 aliphatic carbocycles. The van der Waals surface area contributed by atoms with Gasteiger partial charge >= 0.3 is 0 Å². The van der Waals surface area contributed by atoms with Crippen molar-refractivity contribution < 1.29 is 9.90 Å². The van der Waals surface area contributed by atoms with Gasteiger partial charge in [0.25, 0.3) is 0 Å². The molecule has 0 fully saturated rings. The van der Waals surface area contributed by atoms with Crippen molar-refractivity contribution in [1.29, 1.82) is 0 Å². The molecule has 0 aliphatic rings. The summed E-state index contributed by atoms with van der Waals surface area (Å²) in [6.07, 6.45) is 1.73. The summed E-state index contributed by atoms with van der Waals surface area (Å²) in [5.74, 6) is 0.0457. The number of aliphatic hydroxyl groups is 1. The van der Waals surface area contributed by atoms with E-state index < -0.39 is 0 Å². The van der Waals surface area contributed by atoms with Crippen molar-refractivity contribution in [3.63, 3.8) is 0 Å². The number of hydrogen-bond acceptors (Lipinski definition) is 3. The lowest BCUT2D eigenvalue weighted by molar-refractivity contribution is -0.128. The average Bonchev–Trinajstić information content (AvgIpc) is 2.22. The monoisotopic (exact) mass is 216 g/mol. The summed E-state index contributed by atoms with van der Waals surface area (Å²) in [5.41, 5.74) is -0.387. The van der Waals surface area contributed by atoms with Crippen LogP contribution in [0.25, 0.3) is 0 Å². The summed E-state index contributed by atoms with van der Waals surface area (Å²) in [5, 5.41) is 14.6. The van der Waals surface area contributed by atoms with E-state index in [0.29, 0.717) is 12.6 Å². The number of hydrogen-bond donors (Lipinski definition) is 3. The highest BCUT2D eigenvalue weighted by Crippen LogP contribution is 2.13. The Bertz CT molecular complexity index is 193. The van der Waals surface area contributed by atoms with Gasteiger partial charge in [0.2, 0.25) is 5.91 Å². The number of rotatable bonds is 7. The summed E-state index contributed by atoms with van der Waals surface area (Å²) in [6, 6.07) is 0.334. The van der Waals surface area contributed by atoms with E-state index in [-0.39, 0.29) is 17.9 Å². The number of nitrogens with one attached hydrogen (secondary N) is 2. The van der Waals surface area contributed by atoms with Crippen LogP contribution >= 0.6 is 0 Å². The fraction of sp³-hybridized carbons (Fsp3) is 0.909. The Labute approximate surface area is 92.4 Å². The van der Waals surface area contributed by atoms with Gasteiger partial charge in [-0.1, -0.05) is 0 Å². The molecule has 0 heterocycles. The van der Waals surface area contributed by atoms with Gasteiger partial charge in [0, 0.05) is 26.2 Å². The molecule has 0 saturated carbocycles. The smallest absolute Gasteiger partial charge is 0.226 e. The summed E-state index contributed by atoms with van der Waals surface area (Å²) in [6.45, 7) is 6.77. The van der Waals surface area contributed by atoms with Crippen LogP contribution in [0.15, 0.2) is 0 Å². The fourth-order valence-electron chi connectivity index (χ4n) is 1.35. The minimum Gasteiger partial charge on any atom is -0.396 e. The van der Waals surface area contributed by atoms with Crippen LogP contribution in [0.3, 0.4) is 0 Å². The molecule has 0 saturated heterocycles. The first kappa shape index (κ1) is 14.4. The third-order valence-electron chi connectivity index (χ3n) is 2.53. The zero-order valence-electron chi connectivity index (χ0n) is 10.3. The van der Waals surface area contributed by atoms with Crippen LogP contribution in [0.1, 0.15) is 33.6 Å². The molecule has 90 valence electrons. The largest absolute Gasteiger partial charge is 0.396 e. The highest BCUT2D eigenvalue weighted by atomic mass is 16.2. The van der Waals surface area contributed by atoms with Gasteiger partial charge < -0.3 is 15.7 Å². The highest BCUT2D eigenvalue weighted by Gasteiger charge is 2.26. The maximum absolute atomic E-state index is 11.5. The maximum atomic E-state index is 11.5. The molecule has 1 atom stereocenters. The van der Waals surface area contributed by atoms with Crippen molar-refractivity contribution in [3.05, 3.63) is 0 Å². The predicted molar refractivity (Wildman–Crippen MR) is 61.6 cm³/mol. The molecule has 3 N–H and O–H groups in total. The lowest BCUT2D eigenvalue weighted by atomic mass is 9.92. The van der Waals surface area contributed by atoms with E-state index in [4.69, 9.17) is 5.11 Å². The van der Waals surface area contributed by atoms with Crippen molar-refractivity contribution in [2.75, 3.05) is 20.2 Å². The molecule has 4 heteroatoms. The van der Waals surface area contributed by atoms with E-state index in [1.54, 1.807) is 7.05 Å². The zero-order valence-corrected chi connectivity index (χ0v) is 10.3. The molecular weight excluding hydrogens is 192 g/mol. The Morgan fingerprint density at radius 1 is 1.47 bits per heavy atom. The summed E-state index contributed by atoms with van der Waals surface area (Å²) < 4.78 is 0. The molecule has 4 nitrogen and oxygen atoms in total. The minimum atomic E-state index is -0.387. The molecule has 1 amide bonds. The number of aliphatic hydroxyl groups excluding tert-OH is 1. The lowest BCUT2D eigenvalue weighted by Crippen LogP contribution is -2.44. The Morgan fingerprint density at radius 2 is 2.07 bits per heavy atom. The van der Waals surface area contributed by atoms with Crippen molar-refractivity contribution in [2.45, 2.75) is 39.7 Å². The second-order valence-corrected chi connectivity index (χ2v) is 4.61. The molecule has 0 aromatic heterocycles. The molecule has 15 heavy (non-hydrogen) atoms. The first-order valence-electron chi connectivity index (χ1n) is 5.50. The Hall–Kier alpha value is -0.610. The molecular formula is C11H24N2O2. The van der Waals surface area contributed by atoms with Crippen LogP contribution in [-0.2, 0) is 4.79 Å². The number of carbonyl (C=O) groups is 1. The van der Waals surface area contributed by atoms with Gasteiger partial charge in [-0.15, -0.1) is 0 Å².